The molecule has 0 radical (unpaired) electrons. The van der Waals surface area contributed by atoms with Crippen LogP contribution < -0.4 is 4.90 Å². The van der Waals surface area contributed by atoms with Crippen LogP contribution in [0.2, 0.25) is 0 Å². The van der Waals surface area contributed by atoms with E-state index in [4.69, 9.17) is 0 Å². The number of anilines is 1. The number of benzene rings is 1. The first-order valence-electron chi connectivity index (χ1n) is 8.93. The summed E-state index contributed by atoms with van der Waals surface area (Å²) >= 11 is 0. The molecular formula is C20H26N2O. The van der Waals surface area contributed by atoms with Gasteiger partial charge in [-0.15, -0.1) is 0 Å². The second-order valence-electron chi connectivity index (χ2n) is 7.51. The summed E-state index contributed by atoms with van der Waals surface area (Å²) in [6, 6.07) is 8.94. The van der Waals surface area contributed by atoms with Gasteiger partial charge in [-0.1, -0.05) is 11.1 Å². The SMILES string of the molecule is CN(C)c1ccc(C(=O)N2C3CCC2CC(=C2CCC2)C3)cc1. The average Bonchev–Trinajstić information content (AvgIpc) is 2.76. The van der Waals surface area contributed by atoms with E-state index in [1.807, 2.05) is 38.4 Å². The number of fused-ring (bicyclic) bond motifs is 2. The molecule has 1 aliphatic carbocycles. The van der Waals surface area contributed by atoms with Crippen molar-refractivity contribution in [3.05, 3.63) is 41.0 Å². The number of carbonyl (C=O) groups is 1. The number of rotatable bonds is 2. The van der Waals surface area contributed by atoms with Crippen molar-refractivity contribution in [2.45, 2.75) is 57.0 Å². The van der Waals surface area contributed by atoms with Gasteiger partial charge in [0.05, 0.1) is 0 Å². The van der Waals surface area contributed by atoms with Gasteiger partial charge in [0.15, 0.2) is 0 Å². The van der Waals surface area contributed by atoms with Crippen LogP contribution in [-0.2, 0) is 0 Å². The third-order valence-corrected chi connectivity index (χ3v) is 5.91. The highest BCUT2D eigenvalue weighted by molar-refractivity contribution is 5.95. The van der Waals surface area contributed by atoms with Crippen LogP contribution in [0.25, 0.3) is 0 Å². The van der Waals surface area contributed by atoms with Crippen LogP contribution >= 0.6 is 0 Å². The van der Waals surface area contributed by atoms with E-state index >= 15 is 0 Å². The van der Waals surface area contributed by atoms with Crippen molar-refractivity contribution < 1.29 is 4.79 Å². The molecule has 2 aliphatic heterocycles. The zero-order valence-electron chi connectivity index (χ0n) is 14.2. The molecule has 1 amide bonds. The lowest BCUT2D eigenvalue weighted by atomic mass is 9.82. The zero-order valence-corrected chi connectivity index (χ0v) is 14.2. The van der Waals surface area contributed by atoms with Crippen molar-refractivity contribution in [1.29, 1.82) is 0 Å². The maximum absolute atomic E-state index is 13.0. The lowest BCUT2D eigenvalue weighted by Crippen LogP contribution is -2.45. The van der Waals surface area contributed by atoms with Gasteiger partial charge in [0, 0.05) is 37.4 Å². The number of allylic oxidation sites excluding steroid dienone is 1. The second-order valence-corrected chi connectivity index (χ2v) is 7.51. The van der Waals surface area contributed by atoms with Gasteiger partial charge in [-0.05, 0) is 69.2 Å². The van der Waals surface area contributed by atoms with Gasteiger partial charge < -0.3 is 9.80 Å². The first kappa shape index (κ1) is 14.8. The van der Waals surface area contributed by atoms with Crippen molar-refractivity contribution >= 4 is 11.6 Å². The molecule has 1 aromatic rings. The molecule has 2 unspecified atom stereocenters. The average molecular weight is 310 g/mol. The topological polar surface area (TPSA) is 23.6 Å². The summed E-state index contributed by atoms with van der Waals surface area (Å²) in [6.07, 6.45) is 8.63. The Balaban J connectivity index is 1.53. The summed E-state index contributed by atoms with van der Waals surface area (Å²) in [5.74, 6) is 0.237. The van der Waals surface area contributed by atoms with Crippen molar-refractivity contribution in [3.8, 4) is 0 Å². The summed E-state index contributed by atoms with van der Waals surface area (Å²) in [5.41, 5.74) is 5.38. The van der Waals surface area contributed by atoms with E-state index in [9.17, 15) is 4.79 Å². The van der Waals surface area contributed by atoms with Gasteiger partial charge in [-0.25, -0.2) is 0 Å². The summed E-state index contributed by atoms with van der Waals surface area (Å²) in [5, 5.41) is 0. The van der Waals surface area contributed by atoms with Gasteiger partial charge in [0.25, 0.3) is 5.91 Å². The Labute approximate surface area is 139 Å². The highest BCUT2D eigenvalue weighted by Crippen LogP contribution is 2.43. The number of piperidine rings is 1. The summed E-state index contributed by atoms with van der Waals surface area (Å²) in [7, 11) is 4.05. The normalized spacial score (nSPS) is 26.3. The number of hydrogen-bond acceptors (Lipinski definition) is 2. The Bertz CT molecular complexity index is 622. The highest BCUT2D eigenvalue weighted by atomic mass is 16.2. The lowest BCUT2D eigenvalue weighted by molar-refractivity contribution is 0.0633. The van der Waals surface area contributed by atoms with E-state index in [0.717, 1.165) is 24.1 Å². The summed E-state index contributed by atoms with van der Waals surface area (Å²) < 4.78 is 0. The standard InChI is InChI=1S/C20H26N2O/c1-21(2)17-8-6-15(7-9-17)20(23)22-18-10-11-19(22)13-16(12-18)14-4-3-5-14/h6-9,18-19H,3-5,10-13H2,1-2H3. The van der Waals surface area contributed by atoms with Crippen LogP contribution in [0.15, 0.2) is 35.4 Å². The molecule has 3 aliphatic rings. The van der Waals surface area contributed by atoms with Crippen LogP contribution in [0, 0.1) is 0 Å². The molecule has 3 heteroatoms. The molecule has 1 saturated carbocycles. The van der Waals surface area contributed by atoms with E-state index in [1.54, 1.807) is 11.1 Å². The van der Waals surface area contributed by atoms with Crippen molar-refractivity contribution in [1.82, 2.24) is 4.90 Å². The Kier molecular flexibility index (Phi) is 3.67. The lowest BCUT2D eigenvalue weighted by Gasteiger charge is -2.38. The number of hydrogen-bond donors (Lipinski definition) is 0. The molecule has 2 heterocycles. The monoisotopic (exact) mass is 310 g/mol. The summed E-state index contributed by atoms with van der Waals surface area (Å²) in [4.78, 5) is 17.3. The maximum atomic E-state index is 13.0. The van der Waals surface area contributed by atoms with E-state index in [2.05, 4.69) is 9.80 Å². The minimum absolute atomic E-state index is 0.237. The molecule has 0 aromatic heterocycles. The highest BCUT2D eigenvalue weighted by Gasteiger charge is 2.42. The summed E-state index contributed by atoms with van der Waals surface area (Å²) in [6.45, 7) is 0. The fourth-order valence-corrected chi connectivity index (χ4v) is 4.39. The minimum atomic E-state index is 0.237. The smallest absolute Gasteiger partial charge is 0.254 e. The van der Waals surface area contributed by atoms with Gasteiger partial charge in [-0.2, -0.15) is 0 Å². The quantitative estimate of drug-likeness (QED) is 0.771. The molecule has 0 N–H and O–H groups in total. The van der Waals surface area contributed by atoms with Crippen LogP contribution in [0.4, 0.5) is 5.69 Å². The number of amides is 1. The van der Waals surface area contributed by atoms with Gasteiger partial charge >= 0.3 is 0 Å². The Morgan fingerprint density at radius 1 is 1.00 bits per heavy atom. The van der Waals surface area contributed by atoms with Gasteiger partial charge in [0.1, 0.15) is 0 Å². The molecule has 2 saturated heterocycles. The molecule has 122 valence electrons. The van der Waals surface area contributed by atoms with Crippen LogP contribution in [0.1, 0.15) is 55.3 Å². The third kappa shape index (κ3) is 2.56. The molecule has 1 aromatic carbocycles. The van der Waals surface area contributed by atoms with Crippen LogP contribution in [-0.4, -0.2) is 37.0 Å². The third-order valence-electron chi connectivity index (χ3n) is 5.91. The predicted molar refractivity (Wildman–Crippen MR) is 93.9 cm³/mol. The Morgan fingerprint density at radius 3 is 2.09 bits per heavy atom. The number of carbonyl (C=O) groups excluding carboxylic acids is 1. The molecule has 2 atom stereocenters. The number of nitrogens with zero attached hydrogens (tertiary/aromatic N) is 2. The molecular weight excluding hydrogens is 284 g/mol. The Morgan fingerprint density at radius 2 is 1.61 bits per heavy atom. The molecule has 3 fully saturated rings. The molecule has 3 nitrogen and oxygen atoms in total. The molecule has 2 bridgehead atoms. The zero-order chi connectivity index (χ0) is 16.0. The van der Waals surface area contributed by atoms with Crippen LogP contribution in [0.5, 0.6) is 0 Å². The van der Waals surface area contributed by atoms with E-state index in [-0.39, 0.29) is 5.91 Å². The van der Waals surface area contributed by atoms with Crippen molar-refractivity contribution in [2.24, 2.45) is 0 Å². The molecule has 0 spiro atoms. The Hall–Kier alpha value is -1.77. The van der Waals surface area contributed by atoms with Crippen molar-refractivity contribution in [3.63, 3.8) is 0 Å². The maximum Gasteiger partial charge on any atom is 0.254 e. The van der Waals surface area contributed by atoms with Crippen LogP contribution in [0.3, 0.4) is 0 Å². The first-order chi connectivity index (χ1) is 11.1. The van der Waals surface area contributed by atoms with Crippen molar-refractivity contribution in [2.75, 3.05) is 19.0 Å². The fourth-order valence-electron chi connectivity index (χ4n) is 4.39. The van der Waals surface area contributed by atoms with E-state index in [1.165, 1.54) is 32.1 Å². The minimum Gasteiger partial charge on any atom is -0.378 e. The largest absolute Gasteiger partial charge is 0.378 e. The second kappa shape index (κ2) is 5.70. The fraction of sp³-hybridized carbons (Fsp3) is 0.550. The molecule has 23 heavy (non-hydrogen) atoms. The van der Waals surface area contributed by atoms with Gasteiger partial charge in [0.2, 0.25) is 0 Å². The van der Waals surface area contributed by atoms with E-state index < -0.39 is 0 Å². The predicted octanol–water partition coefficient (Wildman–Crippen LogP) is 4.00. The first-order valence-corrected chi connectivity index (χ1v) is 8.93. The molecule has 4 rings (SSSR count). The van der Waals surface area contributed by atoms with Gasteiger partial charge in [-0.3, -0.25) is 4.79 Å². The van der Waals surface area contributed by atoms with E-state index in [0.29, 0.717) is 12.1 Å².